The van der Waals surface area contributed by atoms with Crippen molar-refractivity contribution in [2.24, 2.45) is 5.10 Å². The fraction of sp³-hybridized carbons (Fsp3) is 0.0667. The van der Waals surface area contributed by atoms with Gasteiger partial charge in [-0.05, 0) is 40.2 Å². The zero-order valence-corrected chi connectivity index (χ0v) is 15.6. The van der Waals surface area contributed by atoms with Crippen molar-refractivity contribution in [2.45, 2.75) is 4.90 Å². The maximum absolute atomic E-state index is 11.7. The van der Waals surface area contributed by atoms with E-state index in [0.717, 1.165) is 17.2 Å². The second-order valence-corrected chi connectivity index (χ2v) is 7.00. The molecule has 0 aliphatic carbocycles. The van der Waals surface area contributed by atoms with E-state index >= 15 is 0 Å². The Labute approximate surface area is 160 Å². The molecule has 0 heterocycles. The van der Waals surface area contributed by atoms with Gasteiger partial charge in [-0.25, -0.2) is 5.43 Å². The molecular formula is C15H11BrClN3O4S. The molecule has 2 N–H and O–H groups in total. The SMILES string of the molecule is O=C(CSc1ccc(Cl)cc1)N/N=C\c1cc([N+](=O)[O-])cc(Br)c1O. The lowest BCUT2D eigenvalue weighted by Gasteiger charge is -2.03. The Kier molecular flexibility index (Phi) is 6.80. The van der Waals surface area contributed by atoms with Gasteiger partial charge in [0.05, 0.1) is 21.4 Å². The summed E-state index contributed by atoms with van der Waals surface area (Å²) in [6, 6.07) is 9.36. The van der Waals surface area contributed by atoms with Crippen LogP contribution in [0.5, 0.6) is 5.75 Å². The van der Waals surface area contributed by atoms with E-state index in [2.05, 4.69) is 26.5 Å². The lowest BCUT2D eigenvalue weighted by Crippen LogP contribution is -2.19. The van der Waals surface area contributed by atoms with Gasteiger partial charge < -0.3 is 5.11 Å². The monoisotopic (exact) mass is 443 g/mol. The number of nitrogens with zero attached hydrogens (tertiary/aromatic N) is 2. The van der Waals surface area contributed by atoms with Gasteiger partial charge in [0, 0.05) is 27.6 Å². The van der Waals surface area contributed by atoms with Crippen molar-refractivity contribution < 1.29 is 14.8 Å². The Hall–Kier alpha value is -2.10. The highest BCUT2D eigenvalue weighted by Gasteiger charge is 2.13. The molecule has 0 fully saturated rings. The quantitative estimate of drug-likeness (QED) is 0.304. The number of rotatable bonds is 6. The highest BCUT2D eigenvalue weighted by molar-refractivity contribution is 9.10. The molecule has 0 aliphatic rings. The number of nitrogens with one attached hydrogen (secondary N) is 1. The number of hydrogen-bond acceptors (Lipinski definition) is 6. The zero-order valence-electron chi connectivity index (χ0n) is 12.5. The fourth-order valence-corrected chi connectivity index (χ4v) is 2.98. The molecule has 0 radical (unpaired) electrons. The number of phenols is 1. The van der Waals surface area contributed by atoms with E-state index in [0.29, 0.717) is 5.02 Å². The van der Waals surface area contributed by atoms with Gasteiger partial charge >= 0.3 is 0 Å². The van der Waals surface area contributed by atoms with Crippen LogP contribution in [0.2, 0.25) is 5.02 Å². The lowest BCUT2D eigenvalue weighted by molar-refractivity contribution is -0.385. The predicted molar refractivity (Wildman–Crippen MR) is 100 cm³/mol. The first-order chi connectivity index (χ1) is 11.9. The van der Waals surface area contributed by atoms with E-state index in [1.807, 2.05) is 0 Å². The van der Waals surface area contributed by atoms with E-state index in [1.165, 1.54) is 17.8 Å². The Bertz CT molecular complexity index is 830. The summed E-state index contributed by atoms with van der Waals surface area (Å²) >= 11 is 10.1. The first-order valence-corrected chi connectivity index (χ1v) is 8.89. The minimum atomic E-state index is -0.594. The van der Waals surface area contributed by atoms with Gasteiger partial charge in [-0.3, -0.25) is 14.9 Å². The standard InChI is InChI=1S/C15H11BrClN3O4S/c16-13-6-11(20(23)24)5-9(15(13)22)7-18-19-14(21)8-25-12-3-1-10(17)2-4-12/h1-7,22H,8H2,(H,19,21)/b18-7-. The van der Waals surface area contributed by atoms with E-state index in [-0.39, 0.29) is 33.1 Å². The average Bonchev–Trinajstić information content (AvgIpc) is 2.57. The van der Waals surface area contributed by atoms with Gasteiger partial charge in [0.2, 0.25) is 5.91 Å². The normalized spacial score (nSPS) is 10.8. The van der Waals surface area contributed by atoms with Crippen LogP contribution in [0.1, 0.15) is 5.56 Å². The van der Waals surface area contributed by atoms with Crippen LogP contribution >= 0.6 is 39.3 Å². The molecule has 0 saturated heterocycles. The molecule has 2 aromatic rings. The maximum atomic E-state index is 11.7. The minimum absolute atomic E-state index is 0.103. The number of aromatic hydroxyl groups is 1. The van der Waals surface area contributed by atoms with Crippen molar-refractivity contribution in [2.75, 3.05) is 5.75 Å². The Balaban J connectivity index is 1.95. The first-order valence-electron chi connectivity index (χ1n) is 6.74. The molecular weight excluding hydrogens is 434 g/mol. The molecule has 25 heavy (non-hydrogen) atoms. The Morgan fingerprint density at radius 1 is 1.40 bits per heavy atom. The second-order valence-electron chi connectivity index (χ2n) is 4.66. The molecule has 0 saturated carbocycles. The summed E-state index contributed by atoms with van der Waals surface area (Å²) < 4.78 is 0.160. The molecule has 0 unspecified atom stereocenters. The number of benzene rings is 2. The summed E-state index contributed by atoms with van der Waals surface area (Å²) in [5, 5.41) is 25.0. The summed E-state index contributed by atoms with van der Waals surface area (Å²) in [6.45, 7) is 0. The summed E-state index contributed by atoms with van der Waals surface area (Å²) in [6.07, 6.45) is 1.14. The number of hydrazone groups is 1. The van der Waals surface area contributed by atoms with Crippen molar-refractivity contribution in [3.63, 3.8) is 0 Å². The summed E-state index contributed by atoms with van der Waals surface area (Å²) in [7, 11) is 0. The summed E-state index contributed by atoms with van der Waals surface area (Å²) in [4.78, 5) is 22.9. The van der Waals surface area contributed by atoms with Gasteiger partial charge in [-0.2, -0.15) is 5.10 Å². The molecule has 7 nitrogen and oxygen atoms in total. The molecule has 0 atom stereocenters. The molecule has 0 bridgehead atoms. The topological polar surface area (TPSA) is 105 Å². The number of nitro groups is 1. The first kappa shape index (κ1) is 19.2. The highest BCUT2D eigenvalue weighted by atomic mass is 79.9. The van der Waals surface area contributed by atoms with Crippen molar-refractivity contribution in [1.29, 1.82) is 0 Å². The van der Waals surface area contributed by atoms with Crippen LogP contribution in [0.15, 0.2) is 50.9 Å². The third-order valence-corrected chi connectivity index (χ3v) is 4.73. The van der Waals surface area contributed by atoms with Crippen molar-refractivity contribution in [3.05, 3.63) is 61.6 Å². The number of thioether (sulfide) groups is 1. The van der Waals surface area contributed by atoms with Gasteiger partial charge in [0.15, 0.2) is 0 Å². The fourth-order valence-electron chi connectivity index (χ4n) is 1.70. The third kappa shape index (κ3) is 5.73. The molecule has 130 valence electrons. The number of hydrogen-bond donors (Lipinski definition) is 2. The molecule has 0 spiro atoms. The highest BCUT2D eigenvalue weighted by Crippen LogP contribution is 2.31. The molecule has 0 aromatic heterocycles. The van der Waals surface area contributed by atoms with Crippen LogP contribution in [0.3, 0.4) is 0 Å². The van der Waals surface area contributed by atoms with Crippen LogP contribution < -0.4 is 5.43 Å². The second kappa shape index (κ2) is 8.84. The van der Waals surface area contributed by atoms with Crippen LogP contribution in [-0.2, 0) is 4.79 Å². The van der Waals surface area contributed by atoms with Gasteiger partial charge in [0.1, 0.15) is 5.75 Å². The number of non-ortho nitro benzene ring substituents is 1. The van der Waals surface area contributed by atoms with E-state index < -0.39 is 4.92 Å². The van der Waals surface area contributed by atoms with E-state index in [4.69, 9.17) is 11.6 Å². The minimum Gasteiger partial charge on any atom is -0.506 e. The third-order valence-electron chi connectivity index (χ3n) is 2.86. The smallest absolute Gasteiger partial charge is 0.271 e. The molecule has 1 amide bonds. The van der Waals surface area contributed by atoms with Gasteiger partial charge in [-0.1, -0.05) is 11.6 Å². The zero-order chi connectivity index (χ0) is 18.4. The molecule has 0 aliphatic heterocycles. The Morgan fingerprint density at radius 3 is 2.72 bits per heavy atom. The maximum Gasteiger partial charge on any atom is 0.271 e. The number of nitro benzene ring substituents is 1. The summed E-state index contributed by atoms with van der Waals surface area (Å²) in [5.41, 5.74) is 2.19. The van der Waals surface area contributed by atoms with Crippen LogP contribution in [0.4, 0.5) is 5.69 Å². The van der Waals surface area contributed by atoms with Gasteiger partial charge in [-0.15, -0.1) is 11.8 Å². The number of carbonyl (C=O) groups excluding carboxylic acids is 1. The van der Waals surface area contributed by atoms with Gasteiger partial charge in [0.25, 0.3) is 5.69 Å². The largest absolute Gasteiger partial charge is 0.506 e. The average molecular weight is 445 g/mol. The molecule has 2 rings (SSSR count). The lowest BCUT2D eigenvalue weighted by atomic mass is 10.2. The van der Waals surface area contributed by atoms with Crippen LogP contribution in [0.25, 0.3) is 0 Å². The summed E-state index contributed by atoms with van der Waals surface area (Å²) in [5.74, 6) is -0.442. The van der Waals surface area contributed by atoms with Crippen molar-refractivity contribution in [1.82, 2.24) is 5.43 Å². The number of halogens is 2. The van der Waals surface area contributed by atoms with Crippen molar-refractivity contribution >= 4 is 57.1 Å². The van der Waals surface area contributed by atoms with E-state index in [9.17, 15) is 20.0 Å². The number of phenolic OH excluding ortho intramolecular Hbond substituents is 1. The molecule has 10 heteroatoms. The van der Waals surface area contributed by atoms with Crippen LogP contribution in [-0.4, -0.2) is 27.9 Å². The van der Waals surface area contributed by atoms with Crippen molar-refractivity contribution in [3.8, 4) is 5.75 Å². The van der Waals surface area contributed by atoms with Crippen LogP contribution in [0, 0.1) is 10.1 Å². The number of carbonyl (C=O) groups is 1. The van der Waals surface area contributed by atoms with E-state index in [1.54, 1.807) is 24.3 Å². The Morgan fingerprint density at radius 2 is 2.08 bits per heavy atom. The molecule has 2 aromatic carbocycles. The predicted octanol–water partition coefficient (Wildman–Crippen LogP) is 3.96. The number of amides is 1.